The van der Waals surface area contributed by atoms with E-state index in [1.165, 1.54) is 0 Å². The van der Waals surface area contributed by atoms with Crippen molar-refractivity contribution in [2.24, 2.45) is 0 Å². The Morgan fingerprint density at radius 1 is 1.50 bits per heavy atom. The molecule has 48 valence electrons. The average molecular weight is 155 g/mol. The SMILES string of the molecule is C[N+]1(C)CC1C(Cl)Cl. The fourth-order valence-corrected chi connectivity index (χ4v) is 1.59. The quantitative estimate of drug-likeness (QED) is 0.303. The molecule has 0 N–H and O–H groups in total. The molecule has 0 bridgehead atoms. The molecule has 0 aromatic heterocycles. The monoisotopic (exact) mass is 154 g/mol. The first kappa shape index (κ1) is 6.66. The Morgan fingerprint density at radius 3 is 1.88 bits per heavy atom. The van der Waals surface area contributed by atoms with Crippen LogP contribution in [0.1, 0.15) is 0 Å². The lowest BCUT2D eigenvalue weighted by atomic mass is 10.5. The molecule has 1 heterocycles. The summed E-state index contributed by atoms with van der Waals surface area (Å²) in [4.78, 5) is -0.176. The molecule has 8 heavy (non-hydrogen) atoms. The van der Waals surface area contributed by atoms with Gasteiger partial charge in [0.1, 0.15) is 6.54 Å². The Bertz CT molecular complexity index is 101. The second-order valence-corrected chi connectivity index (χ2v) is 4.03. The molecule has 0 amide bonds. The highest BCUT2D eigenvalue weighted by Gasteiger charge is 2.51. The molecule has 0 radical (unpaired) electrons. The number of halogens is 2. The van der Waals surface area contributed by atoms with Gasteiger partial charge in [-0.1, -0.05) is 23.2 Å². The van der Waals surface area contributed by atoms with Crippen LogP contribution in [0.3, 0.4) is 0 Å². The van der Waals surface area contributed by atoms with Crippen LogP contribution in [-0.2, 0) is 0 Å². The molecule has 1 rings (SSSR count). The average Bonchev–Trinajstić information content (AvgIpc) is 2.13. The molecule has 1 aliphatic rings. The molecule has 3 heteroatoms. The van der Waals surface area contributed by atoms with Crippen molar-refractivity contribution in [1.82, 2.24) is 0 Å². The minimum absolute atomic E-state index is 0.176. The maximum Gasteiger partial charge on any atom is 0.169 e. The van der Waals surface area contributed by atoms with Crippen LogP contribution in [0.15, 0.2) is 0 Å². The lowest BCUT2D eigenvalue weighted by Crippen LogP contribution is -2.19. The molecule has 1 unspecified atom stereocenters. The first-order valence-electron chi connectivity index (χ1n) is 2.65. The van der Waals surface area contributed by atoms with Gasteiger partial charge in [0.05, 0.1) is 14.1 Å². The van der Waals surface area contributed by atoms with Crippen LogP contribution in [0.5, 0.6) is 0 Å². The molecular formula is C5H10Cl2N+. The van der Waals surface area contributed by atoms with Gasteiger partial charge in [0.2, 0.25) is 0 Å². The standard InChI is InChI=1S/C5H10Cl2N/c1-8(2)3-4(8)5(6)7/h4-5H,3H2,1-2H3/q+1. The van der Waals surface area contributed by atoms with Gasteiger partial charge >= 0.3 is 0 Å². The number of alkyl halides is 2. The fourth-order valence-electron chi connectivity index (χ4n) is 0.820. The Labute approximate surface area is 59.8 Å². The second kappa shape index (κ2) is 1.76. The summed E-state index contributed by atoms with van der Waals surface area (Å²) in [5.74, 6) is 0. The Kier molecular flexibility index (Phi) is 1.46. The van der Waals surface area contributed by atoms with Crippen LogP contribution < -0.4 is 0 Å². The van der Waals surface area contributed by atoms with Gasteiger partial charge in [0, 0.05) is 0 Å². The predicted octanol–water partition coefficient (Wildman–Crippen LogP) is 1.25. The zero-order chi connectivity index (χ0) is 6.36. The topological polar surface area (TPSA) is 0 Å². The van der Waals surface area contributed by atoms with E-state index >= 15 is 0 Å². The van der Waals surface area contributed by atoms with Gasteiger partial charge in [0.25, 0.3) is 0 Å². The number of hydrogen-bond acceptors (Lipinski definition) is 0. The van der Waals surface area contributed by atoms with E-state index in [1.807, 2.05) is 0 Å². The third kappa shape index (κ3) is 1.09. The third-order valence-electron chi connectivity index (χ3n) is 1.71. The largest absolute Gasteiger partial charge is 0.314 e. The number of quaternary nitrogens is 1. The van der Waals surface area contributed by atoms with E-state index in [9.17, 15) is 0 Å². The summed E-state index contributed by atoms with van der Waals surface area (Å²) in [6, 6.07) is 0.485. The fraction of sp³-hybridized carbons (Fsp3) is 1.00. The van der Waals surface area contributed by atoms with Crippen molar-refractivity contribution in [2.75, 3.05) is 20.6 Å². The van der Waals surface area contributed by atoms with Crippen LogP contribution in [-0.4, -0.2) is 36.0 Å². The summed E-state index contributed by atoms with van der Waals surface area (Å²) in [5, 5.41) is 0. The number of rotatable bonds is 1. The zero-order valence-electron chi connectivity index (χ0n) is 5.06. The molecule has 0 spiro atoms. The van der Waals surface area contributed by atoms with Gasteiger partial charge in [-0.05, 0) is 0 Å². The minimum Gasteiger partial charge on any atom is -0.314 e. The summed E-state index contributed by atoms with van der Waals surface area (Å²) in [6.45, 7) is 1.12. The summed E-state index contributed by atoms with van der Waals surface area (Å²) < 4.78 is 0.984. The molecule has 1 atom stereocenters. The molecule has 1 saturated heterocycles. The van der Waals surface area contributed by atoms with E-state index in [2.05, 4.69) is 14.1 Å². The van der Waals surface area contributed by atoms with Crippen LogP contribution >= 0.6 is 23.2 Å². The lowest BCUT2D eigenvalue weighted by molar-refractivity contribution is -0.768. The lowest BCUT2D eigenvalue weighted by Gasteiger charge is -2.04. The molecular weight excluding hydrogens is 145 g/mol. The van der Waals surface area contributed by atoms with Crippen molar-refractivity contribution in [3.63, 3.8) is 0 Å². The van der Waals surface area contributed by atoms with Crippen molar-refractivity contribution in [3.05, 3.63) is 0 Å². The summed E-state index contributed by atoms with van der Waals surface area (Å²) in [7, 11) is 4.25. The first-order valence-corrected chi connectivity index (χ1v) is 3.52. The smallest absolute Gasteiger partial charge is 0.169 e. The molecule has 0 saturated carbocycles. The molecule has 1 nitrogen and oxygen atoms in total. The third-order valence-corrected chi connectivity index (χ3v) is 2.29. The van der Waals surface area contributed by atoms with Gasteiger partial charge in [0.15, 0.2) is 10.9 Å². The first-order chi connectivity index (χ1) is 3.54. The highest BCUT2D eigenvalue weighted by Crippen LogP contribution is 2.32. The van der Waals surface area contributed by atoms with Crippen molar-refractivity contribution in [1.29, 1.82) is 0 Å². The van der Waals surface area contributed by atoms with Gasteiger partial charge in [-0.3, -0.25) is 0 Å². The van der Waals surface area contributed by atoms with Gasteiger partial charge < -0.3 is 4.48 Å². The van der Waals surface area contributed by atoms with E-state index in [1.54, 1.807) is 0 Å². The summed E-state index contributed by atoms with van der Waals surface area (Å²) in [6.07, 6.45) is 0. The van der Waals surface area contributed by atoms with Crippen molar-refractivity contribution in [3.8, 4) is 0 Å². The van der Waals surface area contributed by atoms with E-state index in [4.69, 9.17) is 23.2 Å². The van der Waals surface area contributed by atoms with Crippen molar-refractivity contribution < 1.29 is 4.48 Å². The second-order valence-electron chi connectivity index (χ2n) is 2.86. The maximum atomic E-state index is 5.61. The summed E-state index contributed by atoms with van der Waals surface area (Å²) >= 11 is 11.2. The number of hydrogen-bond donors (Lipinski definition) is 0. The van der Waals surface area contributed by atoms with Gasteiger partial charge in [-0.2, -0.15) is 0 Å². The Hall–Kier alpha value is 0.540. The van der Waals surface area contributed by atoms with Crippen LogP contribution in [0, 0.1) is 0 Å². The molecule has 0 aliphatic carbocycles. The normalized spacial score (nSPS) is 33.4. The molecule has 0 aromatic carbocycles. The molecule has 1 fully saturated rings. The maximum absolute atomic E-state index is 5.61. The van der Waals surface area contributed by atoms with E-state index < -0.39 is 0 Å². The number of nitrogens with zero attached hydrogens (tertiary/aromatic N) is 1. The van der Waals surface area contributed by atoms with E-state index in [0.717, 1.165) is 11.0 Å². The van der Waals surface area contributed by atoms with Crippen molar-refractivity contribution in [2.45, 2.75) is 10.9 Å². The summed E-state index contributed by atoms with van der Waals surface area (Å²) in [5.41, 5.74) is 0. The highest BCUT2D eigenvalue weighted by molar-refractivity contribution is 6.44. The molecule has 1 aliphatic heterocycles. The van der Waals surface area contributed by atoms with E-state index in [-0.39, 0.29) is 4.84 Å². The van der Waals surface area contributed by atoms with Crippen molar-refractivity contribution >= 4 is 23.2 Å². The number of likely N-dealkylation sites (N-methyl/N-ethyl adjacent to an activating group) is 1. The minimum atomic E-state index is -0.176. The predicted molar refractivity (Wildman–Crippen MR) is 36.3 cm³/mol. The Balaban J connectivity index is 2.37. The van der Waals surface area contributed by atoms with Gasteiger partial charge in [-0.25, -0.2) is 0 Å². The van der Waals surface area contributed by atoms with Gasteiger partial charge in [-0.15, -0.1) is 0 Å². The van der Waals surface area contributed by atoms with Crippen LogP contribution in [0.25, 0.3) is 0 Å². The van der Waals surface area contributed by atoms with Crippen LogP contribution in [0.2, 0.25) is 0 Å². The zero-order valence-corrected chi connectivity index (χ0v) is 6.58. The van der Waals surface area contributed by atoms with E-state index in [0.29, 0.717) is 6.04 Å². The Morgan fingerprint density at radius 2 is 1.88 bits per heavy atom. The molecule has 0 aromatic rings. The highest BCUT2D eigenvalue weighted by atomic mass is 35.5. The van der Waals surface area contributed by atoms with Crippen LogP contribution in [0.4, 0.5) is 0 Å².